The van der Waals surface area contributed by atoms with Crippen LogP contribution in [0, 0.1) is 13.8 Å². The van der Waals surface area contributed by atoms with E-state index in [1.807, 2.05) is 11.3 Å². The number of nitrogens with two attached hydrogens (primary N) is 1. The summed E-state index contributed by atoms with van der Waals surface area (Å²) in [5, 5.41) is 1.23. The summed E-state index contributed by atoms with van der Waals surface area (Å²) in [5.74, 6) is 0. The second-order valence-corrected chi connectivity index (χ2v) is 7.53. The van der Waals surface area contributed by atoms with Gasteiger partial charge in [0.05, 0.1) is 23.3 Å². The van der Waals surface area contributed by atoms with E-state index in [9.17, 15) is 0 Å². The van der Waals surface area contributed by atoms with Crippen LogP contribution in [0.25, 0.3) is 0 Å². The number of thiazole rings is 1. The maximum Gasteiger partial charge on any atom is 0.107 e. The van der Waals surface area contributed by atoms with Gasteiger partial charge in [0.1, 0.15) is 5.01 Å². The number of hydrogen-bond donors (Lipinski definition) is 1. The molecule has 1 fully saturated rings. The minimum absolute atomic E-state index is 0.275. The smallest absolute Gasteiger partial charge is 0.107 e. The summed E-state index contributed by atoms with van der Waals surface area (Å²) in [6, 6.07) is 0.275. The first-order valence-electron chi connectivity index (χ1n) is 7.70. The zero-order valence-corrected chi connectivity index (χ0v) is 14.9. The van der Waals surface area contributed by atoms with Crippen LogP contribution in [0.2, 0.25) is 0 Å². The standard InChI is InChI=1S/C15H26N4S2/c1-4-5-13(15(16)20)19-8-6-18(7-9-19)10-14-17-11(2)12(3)21-14/h13H,4-10H2,1-3H3,(H2,16,20). The van der Waals surface area contributed by atoms with Crippen LogP contribution in [0.1, 0.15) is 35.3 Å². The molecule has 118 valence electrons. The summed E-state index contributed by atoms with van der Waals surface area (Å²) in [7, 11) is 0. The number of nitrogens with zero attached hydrogens (tertiary/aromatic N) is 3. The molecule has 1 aliphatic heterocycles. The Bertz CT molecular complexity index is 459. The van der Waals surface area contributed by atoms with Crippen molar-refractivity contribution < 1.29 is 0 Å². The van der Waals surface area contributed by atoms with Crippen molar-refractivity contribution in [2.45, 2.75) is 46.2 Å². The van der Waals surface area contributed by atoms with E-state index < -0.39 is 0 Å². The molecule has 0 amide bonds. The van der Waals surface area contributed by atoms with Crippen molar-refractivity contribution in [2.24, 2.45) is 5.73 Å². The van der Waals surface area contributed by atoms with E-state index in [1.165, 1.54) is 15.6 Å². The van der Waals surface area contributed by atoms with Crippen LogP contribution in [0.15, 0.2) is 0 Å². The maximum absolute atomic E-state index is 5.90. The normalized spacial score (nSPS) is 18.8. The Morgan fingerprint density at radius 1 is 1.33 bits per heavy atom. The average molecular weight is 327 g/mol. The molecule has 0 spiro atoms. The lowest BCUT2D eigenvalue weighted by Gasteiger charge is -2.38. The van der Waals surface area contributed by atoms with Crippen molar-refractivity contribution >= 4 is 28.5 Å². The monoisotopic (exact) mass is 326 g/mol. The molecule has 1 aliphatic rings. The number of thiocarbonyl (C=S) groups is 1. The van der Waals surface area contributed by atoms with E-state index >= 15 is 0 Å². The molecule has 1 saturated heterocycles. The molecule has 0 aromatic carbocycles. The highest BCUT2D eigenvalue weighted by molar-refractivity contribution is 7.80. The van der Waals surface area contributed by atoms with Gasteiger partial charge in [-0.15, -0.1) is 11.3 Å². The Balaban J connectivity index is 1.86. The van der Waals surface area contributed by atoms with E-state index in [-0.39, 0.29) is 6.04 Å². The van der Waals surface area contributed by atoms with Crippen molar-refractivity contribution in [3.05, 3.63) is 15.6 Å². The number of piperazine rings is 1. The van der Waals surface area contributed by atoms with Crippen LogP contribution in [0.3, 0.4) is 0 Å². The SMILES string of the molecule is CCCC(C(N)=S)N1CCN(Cc2nc(C)c(C)s2)CC1. The highest BCUT2D eigenvalue weighted by Crippen LogP contribution is 2.19. The number of hydrogen-bond acceptors (Lipinski definition) is 5. The van der Waals surface area contributed by atoms with Crippen molar-refractivity contribution in [3.63, 3.8) is 0 Å². The fourth-order valence-corrected chi connectivity index (χ4v) is 4.05. The summed E-state index contributed by atoms with van der Waals surface area (Å²) in [4.78, 5) is 11.5. The summed E-state index contributed by atoms with van der Waals surface area (Å²) < 4.78 is 0. The molecule has 1 atom stereocenters. The van der Waals surface area contributed by atoms with Gasteiger partial charge in [0.15, 0.2) is 0 Å². The van der Waals surface area contributed by atoms with Crippen LogP contribution in [0.4, 0.5) is 0 Å². The minimum atomic E-state index is 0.275. The molecule has 0 bridgehead atoms. The Kier molecular flexibility index (Phi) is 6.10. The third kappa shape index (κ3) is 4.45. The largest absolute Gasteiger partial charge is 0.392 e. The lowest BCUT2D eigenvalue weighted by Crippen LogP contribution is -2.53. The van der Waals surface area contributed by atoms with E-state index in [1.54, 1.807) is 0 Å². The van der Waals surface area contributed by atoms with Gasteiger partial charge in [-0.3, -0.25) is 9.80 Å². The molecule has 0 radical (unpaired) electrons. The molecular weight excluding hydrogens is 300 g/mol. The molecule has 1 unspecified atom stereocenters. The molecule has 0 saturated carbocycles. The molecule has 21 heavy (non-hydrogen) atoms. The number of aromatic nitrogens is 1. The summed E-state index contributed by atoms with van der Waals surface area (Å²) in [6.45, 7) is 11.6. The topological polar surface area (TPSA) is 45.4 Å². The Hall–Kier alpha value is -0.560. The van der Waals surface area contributed by atoms with E-state index in [0.717, 1.165) is 45.6 Å². The van der Waals surface area contributed by atoms with Crippen LogP contribution in [0.5, 0.6) is 0 Å². The van der Waals surface area contributed by atoms with Gasteiger partial charge in [0.25, 0.3) is 0 Å². The van der Waals surface area contributed by atoms with Gasteiger partial charge in [0, 0.05) is 31.1 Å². The fraction of sp³-hybridized carbons (Fsp3) is 0.733. The zero-order chi connectivity index (χ0) is 15.4. The highest BCUT2D eigenvalue weighted by Gasteiger charge is 2.25. The van der Waals surface area contributed by atoms with Gasteiger partial charge < -0.3 is 5.73 Å². The average Bonchev–Trinajstić information content (AvgIpc) is 2.75. The first-order chi connectivity index (χ1) is 10.0. The van der Waals surface area contributed by atoms with Crippen LogP contribution in [-0.2, 0) is 6.54 Å². The molecule has 2 N–H and O–H groups in total. The molecular formula is C15H26N4S2. The van der Waals surface area contributed by atoms with Gasteiger partial charge >= 0.3 is 0 Å². The second-order valence-electron chi connectivity index (χ2n) is 5.77. The fourth-order valence-electron chi connectivity index (χ4n) is 2.81. The third-order valence-corrected chi connectivity index (χ3v) is 5.50. The summed E-state index contributed by atoms with van der Waals surface area (Å²) in [5.41, 5.74) is 7.07. The van der Waals surface area contributed by atoms with Gasteiger partial charge in [-0.05, 0) is 20.3 Å². The summed E-state index contributed by atoms with van der Waals surface area (Å²) in [6.07, 6.45) is 2.19. The van der Waals surface area contributed by atoms with Crippen molar-refractivity contribution in [2.75, 3.05) is 26.2 Å². The van der Waals surface area contributed by atoms with Gasteiger partial charge in [-0.1, -0.05) is 25.6 Å². The van der Waals surface area contributed by atoms with Crippen molar-refractivity contribution in [1.82, 2.24) is 14.8 Å². The first-order valence-corrected chi connectivity index (χ1v) is 8.92. The van der Waals surface area contributed by atoms with Crippen molar-refractivity contribution in [3.8, 4) is 0 Å². The predicted molar refractivity (Wildman–Crippen MR) is 93.9 cm³/mol. The maximum atomic E-state index is 5.90. The highest BCUT2D eigenvalue weighted by atomic mass is 32.1. The number of aryl methyl sites for hydroxylation is 2. The van der Waals surface area contributed by atoms with E-state index in [0.29, 0.717) is 4.99 Å². The molecule has 1 aromatic heterocycles. The molecule has 6 heteroatoms. The Morgan fingerprint density at radius 3 is 2.48 bits per heavy atom. The zero-order valence-electron chi connectivity index (χ0n) is 13.3. The summed E-state index contributed by atoms with van der Waals surface area (Å²) >= 11 is 7.05. The molecule has 0 aliphatic carbocycles. The van der Waals surface area contributed by atoms with E-state index in [2.05, 4.69) is 35.6 Å². The van der Waals surface area contributed by atoms with Gasteiger partial charge in [0.2, 0.25) is 0 Å². The third-order valence-electron chi connectivity index (χ3n) is 4.17. The lowest BCUT2D eigenvalue weighted by molar-refractivity contribution is 0.110. The van der Waals surface area contributed by atoms with Crippen LogP contribution in [-0.4, -0.2) is 52.0 Å². The van der Waals surface area contributed by atoms with Gasteiger partial charge in [-0.25, -0.2) is 4.98 Å². The number of rotatable bonds is 6. The second kappa shape index (κ2) is 7.63. The van der Waals surface area contributed by atoms with Gasteiger partial charge in [-0.2, -0.15) is 0 Å². The Labute approximate surface area is 137 Å². The van der Waals surface area contributed by atoms with Crippen LogP contribution < -0.4 is 5.73 Å². The quantitative estimate of drug-likeness (QED) is 0.813. The minimum Gasteiger partial charge on any atom is -0.392 e. The molecule has 1 aromatic rings. The van der Waals surface area contributed by atoms with E-state index in [4.69, 9.17) is 18.0 Å². The van der Waals surface area contributed by atoms with Crippen molar-refractivity contribution in [1.29, 1.82) is 0 Å². The molecule has 2 rings (SSSR count). The van der Waals surface area contributed by atoms with Crippen LogP contribution >= 0.6 is 23.6 Å². The first kappa shape index (κ1) is 16.8. The molecule has 2 heterocycles. The molecule has 4 nitrogen and oxygen atoms in total. The predicted octanol–water partition coefficient (Wildman–Crippen LogP) is 2.33. The Morgan fingerprint density at radius 2 is 2.00 bits per heavy atom. The lowest BCUT2D eigenvalue weighted by atomic mass is 10.1.